The summed E-state index contributed by atoms with van der Waals surface area (Å²) in [6, 6.07) is 5.54. The molecule has 0 atom stereocenters. The second kappa shape index (κ2) is 8.72. The van der Waals surface area contributed by atoms with E-state index in [-0.39, 0.29) is 17.8 Å². The molecule has 0 bridgehead atoms. The Morgan fingerprint density at radius 2 is 1.68 bits per heavy atom. The number of para-hydroxylation sites is 1. The Kier molecular flexibility index (Phi) is 6.60. The molecule has 11 heteroatoms. The number of benzene rings is 1. The highest BCUT2D eigenvalue weighted by molar-refractivity contribution is 6.35. The summed E-state index contributed by atoms with van der Waals surface area (Å²) in [5.74, 6) is -3.19. The zero-order valence-corrected chi connectivity index (χ0v) is 15.0. The minimum atomic E-state index is -4.57. The Labute approximate surface area is 158 Å². The van der Waals surface area contributed by atoms with Crippen LogP contribution in [-0.2, 0) is 14.4 Å². The molecule has 1 aromatic carbocycles. The molecule has 0 unspecified atom stereocenters. The Hall–Kier alpha value is -3.11. The molecule has 2 rings (SSSR count). The van der Waals surface area contributed by atoms with Crippen LogP contribution in [0.15, 0.2) is 24.3 Å². The molecule has 1 aliphatic heterocycles. The predicted octanol–water partition coefficient (Wildman–Crippen LogP) is 0.608. The standard InChI is InChI=1S/C17H19F3N4O4/c1-2-23-7-8-24(16(28)15(23)27)9-13(25)22-12-6-4-3-5-11(12)14(26)21-10-17(18,19)20/h3-6H,2,7-10H2,1H3,(H,21,26)(H,22,25). The van der Waals surface area contributed by atoms with Crippen LogP contribution in [0.4, 0.5) is 18.9 Å². The number of hydrogen-bond acceptors (Lipinski definition) is 4. The molecule has 0 saturated carbocycles. The van der Waals surface area contributed by atoms with Crippen LogP contribution in [0.5, 0.6) is 0 Å². The van der Waals surface area contributed by atoms with Crippen molar-refractivity contribution in [2.75, 3.05) is 38.0 Å². The largest absolute Gasteiger partial charge is 0.405 e. The van der Waals surface area contributed by atoms with E-state index in [1.807, 2.05) is 0 Å². The topological polar surface area (TPSA) is 98.8 Å². The third-order valence-electron chi connectivity index (χ3n) is 4.01. The van der Waals surface area contributed by atoms with Crippen molar-refractivity contribution < 1.29 is 32.3 Å². The van der Waals surface area contributed by atoms with Crippen molar-refractivity contribution in [2.24, 2.45) is 0 Å². The smallest absolute Gasteiger partial charge is 0.343 e. The van der Waals surface area contributed by atoms with Gasteiger partial charge in [0.25, 0.3) is 5.91 Å². The van der Waals surface area contributed by atoms with Crippen LogP contribution in [0.1, 0.15) is 17.3 Å². The summed E-state index contributed by atoms with van der Waals surface area (Å²) in [6.07, 6.45) is -4.57. The minimum absolute atomic E-state index is 0.00172. The number of alkyl halides is 3. The van der Waals surface area contributed by atoms with E-state index in [1.165, 1.54) is 29.2 Å². The van der Waals surface area contributed by atoms with Crippen molar-refractivity contribution in [1.29, 1.82) is 0 Å². The lowest BCUT2D eigenvalue weighted by atomic mass is 10.1. The zero-order chi connectivity index (χ0) is 20.9. The number of hydrogen-bond donors (Lipinski definition) is 2. The van der Waals surface area contributed by atoms with Crippen LogP contribution < -0.4 is 10.6 Å². The van der Waals surface area contributed by atoms with Gasteiger partial charge in [-0.3, -0.25) is 19.2 Å². The summed E-state index contributed by atoms with van der Waals surface area (Å²) in [7, 11) is 0. The van der Waals surface area contributed by atoms with Crippen molar-refractivity contribution in [3.63, 3.8) is 0 Å². The lowest BCUT2D eigenvalue weighted by molar-refractivity contribution is -0.156. The van der Waals surface area contributed by atoms with Crippen LogP contribution in [0.3, 0.4) is 0 Å². The lowest BCUT2D eigenvalue weighted by Crippen LogP contribution is -2.55. The van der Waals surface area contributed by atoms with Gasteiger partial charge in [0.1, 0.15) is 13.1 Å². The number of anilines is 1. The summed E-state index contributed by atoms with van der Waals surface area (Å²) in [5, 5.41) is 4.12. The second-order valence-electron chi connectivity index (χ2n) is 6.00. The molecule has 0 aromatic heterocycles. The Balaban J connectivity index is 2.02. The van der Waals surface area contributed by atoms with Crippen molar-refractivity contribution in [1.82, 2.24) is 15.1 Å². The molecule has 0 aliphatic carbocycles. The van der Waals surface area contributed by atoms with E-state index < -0.39 is 42.9 Å². The number of piperazine rings is 1. The second-order valence-corrected chi connectivity index (χ2v) is 6.00. The molecule has 1 aromatic rings. The first-order valence-electron chi connectivity index (χ1n) is 8.44. The maximum atomic E-state index is 12.3. The molecule has 0 spiro atoms. The Morgan fingerprint density at radius 1 is 1.07 bits per heavy atom. The molecule has 1 aliphatic rings. The van der Waals surface area contributed by atoms with Crippen molar-refractivity contribution in [3.05, 3.63) is 29.8 Å². The number of nitrogens with zero attached hydrogens (tertiary/aromatic N) is 2. The average molecular weight is 400 g/mol. The highest BCUT2D eigenvalue weighted by atomic mass is 19.4. The van der Waals surface area contributed by atoms with Gasteiger partial charge in [-0.25, -0.2) is 0 Å². The van der Waals surface area contributed by atoms with Gasteiger partial charge in [-0.1, -0.05) is 12.1 Å². The summed E-state index contributed by atoms with van der Waals surface area (Å²) in [6.45, 7) is 0.663. The van der Waals surface area contributed by atoms with Gasteiger partial charge in [0.05, 0.1) is 11.3 Å². The highest BCUT2D eigenvalue weighted by Gasteiger charge is 2.33. The number of carbonyl (C=O) groups is 4. The van der Waals surface area contributed by atoms with Gasteiger partial charge in [0, 0.05) is 19.6 Å². The summed E-state index contributed by atoms with van der Waals surface area (Å²) >= 11 is 0. The fourth-order valence-electron chi connectivity index (χ4n) is 2.60. The van der Waals surface area contributed by atoms with E-state index in [0.29, 0.717) is 13.1 Å². The number of likely N-dealkylation sites (N-methyl/N-ethyl adjacent to an activating group) is 1. The minimum Gasteiger partial charge on any atom is -0.343 e. The van der Waals surface area contributed by atoms with E-state index >= 15 is 0 Å². The van der Waals surface area contributed by atoms with E-state index in [9.17, 15) is 32.3 Å². The van der Waals surface area contributed by atoms with Gasteiger partial charge < -0.3 is 20.4 Å². The number of rotatable bonds is 6. The molecule has 1 saturated heterocycles. The fourth-order valence-corrected chi connectivity index (χ4v) is 2.60. The molecule has 0 radical (unpaired) electrons. The van der Waals surface area contributed by atoms with Gasteiger partial charge in [0.2, 0.25) is 5.91 Å². The number of halogens is 3. The molecular formula is C17H19F3N4O4. The van der Waals surface area contributed by atoms with Gasteiger partial charge in [0.15, 0.2) is 0 Å². The Bertz CT molecular complexity index is 782. The number of amides is 4. The maximum Gasteiger partial charge on any atom is 0.405 e. The molecular weight excluding hydrogens is 381 g/mol. The number of nitrogens with one attached hydrogen (secondary N) is 2. The predicted molar refractivity (Wildman–Crippen MR) is 92.3 cm³/mol. The van der Waals surface area contributed by atoms with Crippen LogP contribution in [0.2, 0.25) is 0 Å². The van der Waals surface area contributed by atoms with Gasteiger partial charge in [-0.2, -0.15) is 13.2 Å². The first-order valence-corrected chi connectivity index (χ1v) is 8.44. The molecule has 152 valence electrons. The van der Waals surface area contributed by atoms with Gasteiger partial charge in [-0.05, 0) is 19.1 Å². The monoisotopic (exact) mass is 400 g/mol. The highest BCUT2D eigenvalue weighted by Crippen LogP contribution is 2.17. The number of carbonyl (C=O) groups excluding carboxylic acids is 4. The van der Waals surface area contributed by atoms with E-state index in [0.717, 1.165) is 4.90 Å². The van der Waals surface area contributed by atoms with Crippen LogP contribution >= 0.6 is 0 Å². The average Bonchev–Trinajstić information content (AvgIpc) is 2.63. The van der Waals surface area contributed by atoms with Gasteiger partial charge in [-0.15, -0.1) is 0 Å². The summed E-state index contributed by atoms with van der Waals surface area (Å²) in [5.41, 5.74) is -0.156. The molecule has 4 amide bonds. The zero-order valence-electron chi connectivity index (χ0n) is 15.0. The Morgan fingerprint density at radius 3 is 2.32 bits per heavy atom. The van der Waals surface area contributed by atoms with Gasteiger partial charge >= 0.3 is 18.0 Å². The van der Waals surface area contributed by atoms with E-state index in [4.69, 9.17) is 0 Å². The third kappa shape index (κ3) is 5.44. The van der Waals surface area contributed by atoms with Crippen molar-refractivity contribution in [2.45, 2.75) is 13.1 Å². The first-order chi connectivity index (χ1) is 13.1. The normalized spacial score (nSPS) is 14.9. The summed E-state index contributed by atoms with van der Waals surface area (Å²) < 4.78 is 36.8. The fraction of sp³-hybridized carbons (Fsp3) is 0.412. The SMILES string of the molecule is CCN1CCN(CC(=O)Nc2ccccc2C(=O)NCC(F)(F)F)C(=O)C1=O. The molecule has 2 N–H and O–H groups in total. The van der Waals surface area contributed by atoms with Crippen LogP contribution in [0, 0.1) is 0 Å². The first kappa shape index (κ1) is 21.2. The van der Waals surface area contributed by atoms with E-state index in [2.05, 4.69) is 5.32 Å². The molecule has 1 fully saturated rings. The molecule has 1 heterocycles. The molecule has 28 heavy (non-hydrogen) atoms. The maximum absolute atomic E-state index is 12.3. The van der Waals surface area contributed by atoms with Crippen LogP contribution in [0.25, 0.3) is 0 Å². The van der Waals surface area contributed by atoms with Crippen molar-refractivity contribution in [3.8, 4) is 0 Å². The van der Waals surface area contributed by atoms with Crippen LogP contribution in [-0.4, -0.2) is 72.3 Å². The summed E-state index contributed by atoms with van der Waals surface area (Å²) in [4.78, 5) is 50.5. The third-order valence-corrected chi connectivity index (χ3v) is 4.01. The van der Waals surface area contributed by atoms with E-state index in [1.54, 1.807) is 12.2 Å². The molecule has 8 nitrogen and oxygen atoms in total. The van der Waals surface area contributed by atoms with Crippen molar-refractivity contribution >= 4 is 29.3 Å². The quantitative estimate of drug-likeness (QED) is 0.684. The lowest BCUT2D eigenvalue weighted by Gasteiger charge is -2.32.